The molecule has 1 aromatic heterocycles. The van der Waals surface area contributed by atoms with Crippen molar-refractivity contribution in [1.82, 2.24) is 9.97 Å². The summed E-state index contributed by atoms with van der Waals surface area (Å²) in [4.78, 5) is 9.77. The number of ether oxygens (including phenoxy) is 1. The fourth-order valence-electron chi connectivity index (χ4n) is 1.48. The Kier molecular flexibility index (Phi) is 3.06. The number of nitrogens with zero attached hydrogens (tertiary/aromatic N) is 3. The molecule has 1 aliphatic heterocycles. The average molecular weight is 243 g/mol. The van der Waals surface area contributed by atoms with Crippen LogP contribution in [0.5, 0.6) is 0 Å². The Balaban J connectivity index is 2.28. The molecular formula is C9H13N3O3S. The summed E-state index contributed by atoms with van der Waals surface area (Å²) in [5.41, 5.74) is 0. The Bertz CT molecular complexity index is 469. The van der Waals surface area contributed by atoms with Gasteiger partial charge in [-0.3, -0.25) is 0 Å². The Hall–Kier alpha value is -1.21. The van der Waals surface area contributed by atoms with Gasteiger partial charge in [0.05, 0.1) is 13.2 Å². The zero-order valence-corrected chi connectivity index (χ0v) is 9.77. The van der Waals surface area contributed by atoms with E-state index in [0.717, 1.165) is 19.3 Å². The normalized spacial score (nSPS) is 17.4. The third-order valence-corrected chi connectivity index (χ3v) is 3.15. The fourth-order valence-corrected chi connectivity index (χ4v) is 1.99. The molecule has 7 heteroatoms. The molecule has 0 aliphatic carbocycles. The topological polar surface area (TPSA) is 72.4 Å². The molecule has 0 N–H and O–H groups in total. The highest BCUT2D eigenvalue weighted by atomic mass is 32.2. The van der Waals surface area contributed by atoms with E-state index < -0.39 is 9.84 Å². The van der Waals surface area contributed by atoms with E-state index in [9.17, 15) is 8.42 Å². The smallest absolute Gasteiger partial charge is 0.248 e. The predicted octanol–water partition coefficient (Wildman–Crippen LogP) is -0.283. The van der Waals surface area contributed by atoms with E-state index in [-0.39, 0.29) is 5.16 Å². The summed E-state index contributed by atoms with van der Waals surface area (Å²) in [6.07, 6.45) is 2.57. The highest BCUT2D eigenvalue weighted by Crippen LogP contribution is 2.13. The van der Waals surface area contributed by atoms with Crippen molar-refractivity contribution >= 4 is 15.7 Å². The van der Waals surface area contributed by atoms with Crippen LogP contribution in [-0.4, -0.2) is 50.9 Å². The lowest BCUT2D eigenvalue weighted by molar-refractivity contribution is 0.122. The van der Waals surface area contributed by atoms with E-state index >= 15 is 0 Å². The van der Waals surface area contributed by atoms with Crippen LogP contribution in [0.4, 0.5) is 5.82 Å². The molecule has 0 amide bonds. The number of aromatic nitrogens is 2. The number of rotatable bonds is 2. The minimum absolute atomic E-state index is 0.128. The van der Waals surface area contributed by atoms with Crippen LogP contribution in [0.15, 0.2) is 17.4 Å². The van der Waals surface area contributed by atoms with Gasteiger partial charge in [-0.1, -0.05) is 0 Å². The molecule has 1 aromatic rings. The molecule has 88 valence electrons. The van der Waals surface area contributed by atoms with Crippen LogP contribution in [0, 0.1) is 0 Å². The summed E-state index contributed by atoms with van der Waals surface area (Å²) in [5, 5.41) is -0.128. The maximum atomic E-state index is 11.3. The fraction of sp³-hybridized carbons (Fsp3) is 0.556. The molecule has 2 heterocycles. The summed E-state index contributed by atoms with van der Waals surface area (Å²) in [6, 6.07) is 1.71. The van der Waals surface area contributed by atoms with Crippen LogP contribution in [0.2, 0.25) is 0 Å². The predicted molar refractivity (Wildman–Crippen MR) is 58.2 cm³/mol. The van der Waals surface area contributed by atoms with Crippen LogP contribution < -0.4 is 4.90 Å². The van der Waals surface area contributed by atoms with E-state index in [4.69, 9.17) is 4.74 Å². The molecule has 0 radical (unpaired) electrons. The monoisotopic (exact) mass is 243 g/mol. The van der Waals surface area contributed by atoms with Crippen molar-refractivity contribution < 1.29 is 13.2 Å². The lowest BCUT2D eigenvalue weighted by atomic mass is 10.4. The van der Waals surface area contributed by atoms with Crippen LogP contribution in [0.25, 0.3) is 0 Å². The van der Waals surface area contributed by atoms with Gasteiger partial charge in [0.2, 0.25) is 15.0 Å². The van der Waals surface area contributed by atoms with Crippen LogP contribution in [0.3, 0.4) is 0 Å². The van der Waals surface area contributed by atoms with Gasteiger partial charge in [0.1, 0.15) is 5.82 Å². The third kappa shape index (κ3) is 2.48. The van der Waals surface area contributed by atoms with Gasteiger partial charge in [0.15, 0.2) is 0 Å². The van der Waals surface area contributed by atoms with E-state index in [1.165, 1.54) is 6.20 Å². The number of anilines is 1. The van der Waals surface area contributed by atoms with Crippen molar-refractivity contribution in [3.05, 3.63) is 12.3 Å². The van der Waals surface area contributed by atoms with Gasteiger partial charge in [-0.2, -0.15) is 0 Å². The lowest BCUT2D eigenvalue weighted by Crippen LogP contribution is -2.37. The Morgan fingerprint density at radius 1 is 1.38 bits per heavy atom. The Morgan fingerprint density at radius 2 is 2.06 bits per heavy atom. The molecule has 6 nitrogen and oxygen atoms in total. The van der Waals surface area contributed by atoms with Crippen molar-refractivity contribution in [2.24, 2.45) is 0 Å². The second-order valence-electron chi connectivity index (χ2n) is 3.57. The zero-order valence-electron chi connectivity index (χ0n) is 8.96. The minimum Gasteiger partial charge on any atom is -0.378 e. The van der Waals surface area contributed by atoms with Gasteiger partial charge in [0, 0.05) is 25.5 Å². The lowest BCUT2D eigenvalue weighted by Gasteiger charge is -2.27. The van der Waals surface area contributed by atoms with Crippen LogP contribution >= 0.6 is 0 Å². The SMILES string of the molecule is CS(=O)(=O)c1nccc(N2CCOCC2)n1. The number of hydrogen-bond acceptors (Lipinski definition) is 6. The third-order valence-electron chi connectivity index (χ3n) is 2.29. The van der Waals surface area contributed by atoms with E-state index in [0.29, 0.717) is 19.0 Å². The van der Waals surface area contributed by atoms with E-state index in [2.05, 4.69) is 9.97 Å². The molecule has 0 aromatic carbocycles. The number of morpholine rings is 1. The second kappa shape index (κ2) is 4.34. The highest BCUT2D eigenvalue weighted by molar-refractivity contribution is 7.90. The van der Waals surface area contributed by atoms with Gasteiger partial charge in [-0.05, 0) is 6.07 Å². The standard InChI is InChI=1S/C9H13N3O3S/c1-16(13,14)9-10-3-2-8(11-9)12-4-6-15-7-5-12/h2-3H,4-7H2,1H3. The average Bonchev–Trinajstić information content (AvgIpc) is 2.29. The first kappa shape index (κ1) is 11.3. The van der Waals surface area contributed by atoms with Crippen LogP contribution in [0.1, 0.15) is 0 Å². The van der Waals surface area contributed by atoms with Crippen molar-refractivity contribution in [3.8, 4) is 0 Å². The number of hydrogen-bond donors (Lipinski definition) is 0. The largest absolute Gasteiger partial charge is 0.378 e. The van der Waals surface area contributed by atoms with E-state index in [1.54, 1.807) is 6.07 Å². The molecule has 0 saturated carbocycles. The summed E-state index contributed by atoms with van der Waals surface area (Å²) >= 11 is 0. The summed E-state index contributed by atoms with van der Waals surface area (Å²) in [7, 11) is -3.34. The molecule has 16 heavy (non-hydrogen) atoms. The van der Waals surface area contributed by atoms with Crippen molar-refractivity contribution in [2.45, 2.75) is 5.16 Å². The zero-order chi connectivity index (χ0) is 11.6. The van der Waals surface area contributed by atoms with Crippen LogP contribution in [-0.2, 0) is 14.6 Å². The first-order valence-electron chi connectivity index (χ1n) is 4.93. The van der Waals surface area contributed by atoms with Crippen molar-refractivity contribution in [3.63, 3.8) is 0 Å². The Morgan fingerprint density at radius 3 is 2.69 bits per heavy atom. The molecule has 1 aliphatic rings. The van der Waals surface area contributed by atoms with E-state index in [1.807, 2.05) is 4.90 Å². The molecule has 0 atom stereocenters. The van der Waals surface area contributed by atoms with Gasteiger partial charge >= 0.3 is 0 Å². The summed E-state index contributed by atoms with van der Waals surface area (Å²) in [5.74, 6) is 0.638. The first-order valence-corrected chi connectivity index (χ1v) is 6.82. The Labute approximate surface area is 94.2 Å². The minimum atomic E-state index is -3.34. The van der Waals surface area contributed by atoms with Gasteiger partial charge in [0.25, 0.3) is 0 Å². The van der Waals surface area contributed by atoms with Gasteiger partial charge in [-0.25, -0.2) is 18.4 Å². The molecular weight excluding hydrogens is 230 g/mol. The molecule has 2 rings (SSSR count). The molecule has 1 saturated heterocycles. The summed E-state index contributed by atoms with van der Waals surface area (Å²) in [6.45, 7) is 2.72. The quantitative estimate of drug-likeness (QED) is 0.665. The van der Waals surface area contributed by atoms with Crippen molar-refractivity contribution in [1.29, 1.82) is 0 Å². The molecule has 0 spiro atoms. The maximum absolute atomic E-state index is 11.3. The molecule has 1 fully saturated rings. The molecule has 0 unspecified atom stereocenters. The van der Waals surface area contributed by atoms with Crippen molar-refractivity contribution in [2.75, 3.05) is 37.5 Å². The highest BCUT2D eigenvalue weighted by Gasteiger charge is 2.16. The van der Waals surface area contributed by atoms with Gasteiger partial charge in [-0.15, -0.1) is 0 Å². The maximum Gasteiger partial charge on any atom is 0.248 e. The first-order chi connectivity index (χ1) is 7.57. The second-order valence-corrected chi connectivity index (χ2v) is 5.48. The summed E-state index contributed by atoms with van der Waals surface area (Å²) < 4.78 is 27.8. The molecule has 0 bridgehead atoms. The number of sulfone groups is 1. The van der Waals surface area contributed by atoms with Gasteiger partial charge < -0.3 is 9.64 Å².